The first-order valence-corrected chi connectivity index (χ1v) is 6.38. The van der Waals surface area contributed by atoms with Gasteiger partial charge in [0.1, 0.15) is 0 Å². The molecule has 0 bridgehead atoms. The number of hydrogen-bond acceptors (Lipinski definition) is 3. The number of ether oxygens (including phenoxy) is 1. The van der Waals surface area contributed by atoms with Gasteiger partial charge in [-0.05, 0) is 43.0 Å². The van der Waals surface area contributed by atoms with Crippen molar-refractivity contribution in [2.24, 2.45) is 5.92 Å². The minimum absolute atomic E-state index is 0.0973. The summed E-state index contributed by atoms with van der Waals surface area (Å²) >= 11 is 5.84. The van der Waals surface area contributed by atoms with Crippen molar-refractivity contribution in [2.45, 2.75) is 18.9 Å². The van der Waals surface area contributed by atoms with E-state index in [1.807, 2.05) is 24.3 Å². The Hall–Kier alpha value is -0.770. The fraction of sp³-hybridized carbons (Fsp3) is 0.538. The van der Waals surface area contributed by atoms with Crippen LogP contribution >= 0.6 is 11.6 Å². The summed E-state index contributed by atoms with van der Waals surface area (Å²) in [7, 11) is 0. The summed E-state index contributed by atoms with van der Waals surface area (Å²) in [4.78, 5) is 0. The largest absolute Gasteiger partial charge is 0.394 e. The van der Waals surface area contributed by atoms with E-state index >= 15 is 0 Å². The zero-order valence-corrected chi connectivity index (χ0v) is 10.5. The molecule has 0 saturated carbocycles. The third-order valence-corrected chi connectivity index (χ3v) is 3.48. The second-order valence-corrected chi connectivity index (χ2v) is 4.83. The first-order chi connectivity index (χ1) is 8.29. The molecule has 1 aromatic carbocycles. The molecule has 17 heavy (non-hydrogen) atoms. The van der Waals surface area contributed by atoms with Gasteiger partial charge in [0.2, 0.25) is 0 Å². The number of benzene rings is 1. The van der Waals surface area contributed by atoms with E-state index in [2.05, 4.69) is 5.32 Å². The highest BCUT2D eigenvalue weighted by molar-refractivity contribution is 6.30. The molecule has 1 saturated heterocycles. The Labute approximate surface area is 107 Å². The molecule has 0 spiro atoms. The number of aliphatic hydroxyl groups is 1. The molecule has 0 radical (unpaired) electrons. The van der Waals surface area contributed by atoms with Crippen LogP contribution in [-0.2, 0) is 4.74 Å². The number of rotatable bonds is 4. The van der Waals surface area contributed by atoms with Crippen LogP contribution in [0, 0.1) is 5.92 Å². The third kappa shape index (κ3) is 3.60. The lowest BCUT2D eigenvalue weighted by molar-refractivity contribution is 0.0534. The van der Waals surface area contributed by atoms with Crippen molar-refractivity contribution in [1.82, 2.24) is 0 Å². The smallest absolute Gasteiger partial charge is 0.0635 e. The van der Waals surface area contributed by atoms with Crippen molar-refractivity contribution >= 4 is 17.3 Å². The number of aliphatic hydroxyl groups excluding tert-OH is 1. The van der Waals surface area contributed by atoms with Gasteiger partial charge < -0.3 is 15.2 Å². The highest BCUT2D eigenvalue weighted by atomic mass is 35.5. The molecule has 3 nitrogen and oxygen atoms in total. The predicted octanol–water partition coefficient (Wildman–Crippen LogP) is 2.54. The monoisotopic (exact) mass is 255 g/mol. The van der Waals surface area contributed by atoms with Crippen molar-refractivity contribution < 1.29 is 9.84 Å². The lowest BCUT2D eigenvalue weighted by Crippen LogP contribution is -2.36. The Kier molecular flexibility index (Phi) is 4.66. The summed E-state index contributed by atoms with van der Waals surface area (Å²) in [6, 6.07) is 7.67. The van der Waals surface area contributed by atoms with Crippen LogP contribution in [-0.4, -0.2) is 31.0 Å². The van der Waals surface area contributed by atoms with Gasteiger partial charge in [-0.1, -0.05) is 11.6 Å². The molecule has 4 heteroatoms. The van der Waals surface area contributed by atoms with Crippen molar-refractivity contribution in [3.8, 4) is 0 Å². The van der Waals surface area contributed by atoms with E-state index in [1.54, 1.807) is 0 Å². The predicted molar refractivity (Wildman–Crippen MR) is 69.5 cm³/mol. The van der Waals surface area contributed by atoms with Gasteiger partial charge in [-0.25, -0.2) is 0 Å². The summed E-state index contributed by atoms with van der Waals surface area (Å²) < 4.78 is 5.33. The highest BCUT2D eigenvalue weighted by Gasteiger charge is 2.23. The van der Waals surface area contributed by atoms with Crippen LogP contribution in [0.4, 0.5) is 5.69 Å². The molecule has 94 valence electrons. The molecule has 0 amide bonds. The molecule has 1 aliphatic heterocycles. The quantitative estimate of drug-likeness (QED) is 0.869. The highest BCUT2D eigenvalue weighted by Crippen LogP contribution is 2.22. The van der Waals surface area contributed by atoms with Crippen molar-refractivity contribution in [3.63, 3.8) is 0 Å². The summed E-state index contributed by atoms with van der Waals surface area (Å²) in [5, 5.41) is 13.6. The SMILES string of the molecule is OCC(Nc1ccc(Cl)cc1)C1CCOCC1. The van der Waals surface area contributed by atoms with E-state index in [9.17, 15) is 5.11 Å². The van der Waals surface area contributed by atoms with Crippen LogP contribution in [0.2, 0.25) is 5.02 Å². The average molecular weight is 256 g/mol. The molecule has 1 aromatic rings. The van der Waals surface area contributed by atoms with Crippen LogP contribution in [0.25, 0.3) is 0 Å². The van der Waals surface area contributed by atoms with Crippen LogP contribution in [0.5, 0.6) is 0 Å². The van der Waals surface area contributed by atoms with Crippen LogP contribution in [0.3, 0.4) is 0 Å². The zero-order chi connectivity index (χ0) is 12.1. The minimum atomic E-state index is 0.0973. The van der Waals surface area contributed by atoms with Gasteiger partial charge in [-0.15, -0.1) is 0 Å². The molecular formula is C13H18ClNO2. The average Bonchev–Trinajstić information content (AvgIpc) is 2.39. The summed E-state index contributed by atoms with van der Waals surface area (Å²) in [5.74, 6) is 0.476. The molecular weight excluding hydrogens is 238 g/mol. The Balaban J connectivity index is 1.96. The normalized spacial score (nSPS) is 18.9. The molecule has 1 heterocycles. The maximum atomic E-state index is 9.46. The number of anilines is 1. The maximum Gasteiger partial charge on any atom is 0.0635 e. The zero-order valence-electron chi connectivity index (χ0n) is 9.73. The van der Waals surface area contributed by atoms with Gasteiger partial charge in [0, 0.05) is 23.9 Å². The fourth-order valence-electron chi connectivity index (χ4n) is 2.19. The lowest BCUT2D eigenvalue weighted by atomic mass is 9.92. The summed E-state index contributed by atoms with van der Waals surface area (Å²) in [6.45, 7) is 1.74. The Morgan fingerprint density at radius 3 is 2.53 bits per heavy atom. The lowest BCUT2D eigenvalue weighted by Gasteiger charge is -2.30. The standard InChI is InChI=1S/C13H18ClNO2/c14-11-1-3-12(4-2-11)15-13(9-16)10-5-7-17-8-6-10/h1-4,10,13,15-16H,5-9H2. The molecule has 2 N–H and O–H groups in total. The number of nitrogens with one attached hydrogen (secondary N) is 1. The van der Waals surface area contributed by atoms with E-state index < -0.39 is 0 Å². The van der Waals surface area contributed by atoms with E-state index in [0.29, 0.717) is 5.92 Å². The van der Waals surface area contributed by atoms with Crippen molar-refractivity contribution in [2.75, 3.05) is 25.1 Å². The van der Waals surface area contributed by atoms with Gasteiger partial charge in [0.15, 0.2) is 0 Å². The summed E-state index contributed by atoms with van der Waals surface area (Å²) in [5.41, 5.74) is 1.000. The Bertz CT molecular complexity index is 336. The first kappa shape index (κ1) is 12.7. The van der Waals surface area contributed by atoms with Gasteiger partial charge in [-0.2, -0.15) is 0 Å². The van der Waals surface area contributed by atoms with E-state index in [-0.39, 0.29) is 12.6 Å². The number of hydrogen-bond donors (Lipinski definition) is 2. The van der Waals surface area contributed by atoms with Gasteiger partial charge in [0.25, 0.3) is 0 Å². The van der Waals surface area contributed by atoms with Crippen LogP contribution < -0.4 is 5.32 Å². The summed E-state index contributed by atoms with van der Waals surface area (Å²) in [6.07, 6.45) is 2.01. The van der Waals surface area contributed by atoms with Gasteiger partial charge in [0.05, 0.1) is 12.6 Å². The molecule has 1 unspecified atom stereocenters. The molecule has 2 rings (SSSR count). The third-order valence-electron chi connectivity index (χ3n) is 3.23. The molecule has 0 aromatic heterocycles. The van der Waals surface area contributed by atoms with Gasteiger partial charge >= 0.3 is 0 Å². The topological polar surface area (TPSA) is 41.5 Å². The molecule has 1 fully saturated rings. The number of halogens is 1. The van der Waals surface area contributed by atoms with E-state index in [1.165, 1.54) is 0 Å². The van der Waals surface area contributed by atoms with Gasteiger partial charge in [-0.3, -0.25) is 0 Å². The van der Waals surface area contributed by atoms with Crippen molar-refractivity contribution in [1.29, 1.82) is 0 Å². The second-order valence-electron chi connectivity index (χ2n) is 4.39. The fourth-order valence-corrected chi connectivity index (χ4v) is 2.32. The molecule has 1 atom stereocenters. The molecule has 1 aliphatic rings. The Morgan fingerprint density at radius 1 is 1.29 bits per heavy atom. The van der Waals surface area contributed by atoms with E-state index in [0.717, 1.165) is 36.8 Å². The maximum absolute atomic E-state index is 9.46. The molecule has 0 aliphatic carbocycles. The van der Waals surface area contributed by atoms with Crippen molar-refractivity contribution in [3.05, 3.63) is 29.3 Å². The van der Waals surface area contributed by atoms with Crippen LogP contribution in [0.15, 0.2) is 24.3 Å². The van der Waals surface area contributed by atoms with E-state index in [4.69, 9.17) is 16.3 Å². The minimum Gasteiger partial charge on any atom is -0.394 e. The Morgan fingerprint density at radius 2 is 1.94 bits per heavy atom. The van der Waals surface area contributed by atoms with Crippen LogP contribution in [0.1, 0.15) is 12.8 Å². The second kappa shape index (κ2) is 6.24. The first-order valence-electron chi connectivity index (χ1n) is 6.00.